The number of benzene rings is 1. The number of likely N-dealkylation sites (tertiary alicyclic amines) is 1. The molecule has 1 aromatic carbocycles. The molecule has 19 heavy (non-hydrogen) atoms. The van der Waals surface area contributed by atoms with Crippen LogP contribution in [-0.4, -0.2) is 30.4 Å². The third-order valence-corrected chi connectivity index (χ3v) is 4.04. The summed E-state index contributed by atoms with van der Waals surface area (Å²) in [5, 5.41) is 0. The zero-order chi connectivity index (χ0) is 14.0. The summed E-state index contributed by atoms with van der Waals surface area (Å²) in [6, 6.07) is 7.82. The molecule has 0 N–H and O–H groups in total. The lowest BCUT2D eigenvalue weighted by Gasteiger charge is -2.25. The molecule has 0 spiro atoms. The number of ether oxygens (including phenoxy) is 1. The van der Waals surface area contributed by atoms with Gasteiger partial charge in [0.15, 0.2) is 0 Å². The quantitative estimate of drug-likeness (QED) is 0.802. The lowest BCUT2D eigenvalue weighted by atomic mass is 10.1. The normalized spacial score (nSPS) is 20.5. The van der Waals surface area contributed by atoms with Gasteiger partial charge in [0.1, 0.15) is 0 Å². The zero-order valence-electron chi connectivity index (χ0n) is 10.9. The van der Waals surface area contributed by atoms with Crippen LogP contribution in [0.1, 0.15) is 24.9 Å². The van der Waals surface area contributed by atoms with Gasteiger partial charge in [0.2, 0.25) is 5.91 Å². The minimum absolute atomic E-state index is 0.00539. The highest BCUT2D eigenvalue weighted by molar-refractivity contribution is 9.10. The van der Waals surface area contributed by atoms with E-state index >= 15 is 0 Å². The number of hydrogen-bond acceptors (Lipinski definition) is 3. The first-order valence-electron chi connectivity index (χ1n) is 6.15. The number of halogens is 1. The molecule has 1 amide bonds. The van der Waals surface area contributed by atoms with E-state index < -0.39 is 0 Å². The van der Waals surface area contributed by atoms with E-state index in [1.807, 2.05) is 31.2 Å². The number of methoxy groups -OCH3 is 1. The Bertz CT molecular complexity index is 486. The van der Waals surface area contributed by atoms with E-state index in [4.69, 9.17) is 4.74 Å². The van der Waals surface area contributed by atoms with Gasteiger partial charge in [-0.05, 0) is 24.6 Å². The fourth-order valence-corrected chi connectivity index (χ4v) is 2.62. The van der Waals surface area contributed by atoms with Crippen molar-refractivity contribution in [1.29, 1.82) is 0 Å². The minimum atomic E-state index is -0.338. The van der Waals surface area contributed by atoms with Crippen molar-refractivity contribution in [2.75, 3.05) is 13.7 Å². The van der Waals surface area contributed by atoms with Crippen molar-refractivity contribution in [3.8, 4) is 0 Å². The second-order valence-corrected chi connectivity index (χ2v) is 5.61. The number of esters is 1. The van der Waals surface area contributed by atoms with Crippen LogP contribution in [0.25, 0.3) is 0 Å². The summed E-state index contributed by atoms with van der Waals surface area (Å²) < 4.78 is 5.71. The van der Waals surface area contributed by atoms with Crippen molar-refractivity contribution in [1.82, 2.24) is 4.90 Å². The number of rotatable bonds is 3. The van der Waals surface area contributed by atoms with Crippen LogP contribution >= 0.6 is 15.9 Å². The fourth-order valence-electron chi connectivity index (χ4n) is 2.35. The van der Waals surface area contributed by atoms with Crippen molar-refractivity contribution < 1.29 is 14.3 Å². The van der Waals surface area contributed by atoms with Crippen molar-refractivity contribution >= 4 is 27.8 Å². The van der Waals surface area contributed by atoms with Crippen LogP contribution in [0.2, 0.25) is 0 Å². The molecule has 0 aromatic heterocycles. The van der Waals surface area contributed by atoms with Gasteiger partial charge in [-0.3, -0.25) is 9.59 Å². The van der Waals surface area contributed by atoms with Crippen LogP contribution in [0.4, 0.5) is 0 Å². The van der Waals surface area contributed by atoms with Gasteiger partial charge >= 0.3 is 5.97 Å². The molecule has 1 aliphatic rings. The number of carbonyl (C=O) groups is 2. The Kier molecular flexibility index (Phi) is 4.24. The molecule has 0 aliphatic carbocycles. The number of hydrogen-bond donors (Lipinski definition) is 0. The summed E-state index contributed by atoms with van der Waals surface area (Å²) in [5.74, 6) is -0.639. The van der Waals surface area contributed by atoms with Crippen LogP contribution in [0.5, 0.6) is 0 Å². The average molecular weight is 326 g/mol. The third kappa shape index (κ3) is 2.97. The van der Waals surface area contributed by atoms with Gasteiger partial charge in [-0.25, -0.2) is 0 Å². The Morgan fingerprint density at radius 2 is 2.05 bits per heavy atom. The Balaban J connectivity index is 2.11. The van der Waals surface area contributed by atoms with Gasteiger partial charge in [-0.1, -0.05) is 28.1 Å². The third-order valence-electron chi connectivity index (χ3n) is 3.51. The zero-order valence-corrected chi connectivity index (χ0v) is 12.5. The maximum atomic E-state index is 12.0. The van der Waals surface area contributed by atoms with Gasteiger partial charge in [0, 0.05) is 17.4 Å². The first-order valence-corrected chi connectivity index (χ1v) is 6.95. The molecule has 1 saturated heterocycles. The second-order valence-electron chi connectivity index (χ2n) is 4.70. The van der Waals surface area contributed by atoms with E-state index in [0.29, 0.717) is 6.54 Å². The van der Waals surface area contributed by atoms with Crippen LogP contribution in [0, 0.1) is 5.92 Å². The molecule has 2 atom stereocenters. The van der Waals surface area contributed by atoms with Crippen LogP contribution in [0.3, 0.4) is 0 Å². The van der Waals surface area contributed by atoms with Crippen molar-refractivity contribution in [3.05, 3.63) is 34.3 Å². The van der Waals surface area contributed by atoms with Crippen molar-refractivity contribution in [2.45, 2.75) is 19.4 Å². The number of amides is 1. The van der Waals surface area contributed by atoms with E-state index in [1.54, 1.807) is 4.90 Å². The maximum Gasteiger partial charge on any atom is 0.310 e. The first kappa shape index (κ1) is 14.1. The molecule has 1 unspecified atom stereocenters. The van der Waals surface area contributed by atoms with E-state index in [2.05, 4.69) is 15.9 Å². The summed E-state index contributed by atoms with van der Waals surface area (Å²) in [5.41, 5.74) is 1.06. The summed E-state index contributed by atoms with van der Waals surface area (Å²) >= 11 is 3.39. The van der Waals surface area contributed by atoms with E-state index in [-0.39, 0.29) is 30.3 Å². The average Bonchev–Trinajstić information content (AvgIpc) is 2.80. The van der Waals surface area contributed by atoms with Crippen LogP contribution in [-0.2, 0) is 14.3 Å². The molecule has 0 bridgehead atoms. The van der Waals surface area contributed by atoms with Gasteiger partial charge in [-0.15, -0.1) is 0 Å². The van der Waals surface area contributed by atoms with E-state index in [0.717, 1.165) is 10.0 Å². The molecule has 0 radical (unpaired) electrons. The molecule has 2 rings (SSSR count). The molecule has 4 nitrogen and oxygen atoms in total. The molecular weight excluding hydrogens is 310 g/mol. The molecule has 102 valence electrons. The molecule has 0 saturated carbocycles. The fraction of sp³-hybridized carbons (Fsp3) is 0.429. The van der Waals surface area contributed by atoms with E-state index in [1.165, 1.54) is 7.11 Å². The maximum absolute atomic E-state index is 12.0. The molecular formula is C14H16BrNO3. The highest BCUT2D eigenvalue weighted by Crippen LogP contribution is 2.29. The van der Waals surface area contributed by atoms with Gasteiger partial charge in [0.25, 0.3) is 0 Å². The monoisotopic (exact) mass is 325 g/mol. The predicted molar refractivity (Wildman–Crippen MR) is 74.4 cm³/mol. The molecule has 5 heteroatoms. The van der Waals surface area contributed by atoms with Crippen LogP contribution < -0.4 is 0 Å². The van der Waals surface area contributed by atoms with Crippen LogP contribution in [0.15, 0.2) is 28.7 Å². The number of nitrogens with zero attached hydrogens (tertiary/aromatic N) is 1. The van der Waals surface area contributed by atoms with E-state index in [9.17, 15) is 9.59 Å². The Labute approximate surface area is 120 Å². The van der Waals surface area contributed by atoms with Gasteiger partial charge in [-0.2, -0.15) is 0 Å². The second kappa shape index (κ2) is 5.74. The first-order chi connectivity index (χ1) is 9.02. The molecule has 1 aliphatic heterocycles. The standard InChI is InChI=1S/C14H16BrNO3/c1-9(10-3-5-12(15)6-4-10)16-8-11(7-13(16)17)14(18)19-2/h3-6,9,11H,7-8H2,1-2H3/t9-,11?/m0/s1. The lowest BCUT2D eigenvalue weighted by molar-refractivity contribution is -0.145. The Morgan fingerprint density at radius 3 is 2.63 bits per heavy atom. The molecule has 1 aromatic rings. The SMILES string of the molecule is COC(=O)C1CC(=O)N([C@@H](C)c2ccc(Br)cc2)C1. The Morgan fingerprint density at radius 1 is 1.42 bits per heavy atom. The highest BCUT2D eigenvalue weighted by Gasteiger charge is 2.37. The van der Waals surface area contributed by atoms with Gasteiger partial charge in [0.05, 0.1) is 19.1 Å². The summed E-state index contributed by atoms with van der Waals surface area (Å²) in [4.78, 5) is 25.2. The minimum Gasteiger partial charge on any atom is -0.469 e. The Hall–Kier alpha value is -1.36. The smallest absolute Gasteiger partial charge is 0.310 e. The predicted octanol–water partition coefficient (Wildman–Crippen LogP) is 2.53. The summed E-state index contributed by atoms with van der Waals surface area (Å²) in [7, 11) is 1.35. The lowest BCUT2D eigenvalue weighted by Crippen LogP contribution is -2.29. The summed E-state index contributed by atoms with van der Waals surface area (Å²) in [6.45, 7) is 2.41. The molecule has 1 fully saturated rings. The number of carbonyl (C=O) groups excluding carboxylic acids is 2. The largest absolute Gasteiger partial charge is 0.469 e. The highest BCUT2D eigenvalue weighted by atomic mass is 79.9. The molecule has 1 heterocycles. The van der Waals surface area contributed by atoms with Crippen molar-refractivity contribution in [3.63, 3.8) is 0 Å². The van der Waals surface area contributed by atoms with Gasteiger partial charge < -0.3 is 9.64 Å². The topological polar surface area (TPSA) is 46.6 Å². The summed E-state index contributed by atoms with van der Waals surface area (Å²) in [6.07, 6.45) is 0.244. The van der Waals surface area contributed by atoms with Crippen molar-refractivity contribution in [2.24, 2.45) is 5.92 Å².